The minimum Gasteiger partial charge on any atom is -0.481 e. The van der Waals surface area contributed by atoms with E-state index in [1.807, 2.05) is 42.5 Å². The number of carboxylic acids is 1. The summed E-state index contributed by atoms with van der Waals surface area (Å²) in [5.74, 6) is -0.891. The maximum absolute atomic E-state index is 11.2. The predicted octanol–water partition coefficient (Wildman–Crippen LogP) is 4.97. The van der Waals surface area contributed by atoms with Crippen molar-refractivity contribution < 1.29 is 9.90 Å². The third-order valence-electron chi connectivity index (χ3n) is 3.15. The number of carbonyl (C=O) groups is 1. The molecule has 1 aromatic heterocycles. The van der Waals surface area contributed by atoms with E-state index in [0.29, 0.717) is 15.6 Å². The molecule has 22 heavy (non-hydrogen) atoms. The quantitative estimate of drug-likeness (QED) is 0.735. The lowest BCUT2D eigenvalue weighted by atomic mass is 10.1. The second-order valence-corrected chi connectivity index (χ2v) is 6.19. The van der Waals surface area contributed by atoms with E-state index in [4.69, 9.17) is 11.6 Å². The highest BCUT2D eigenvalue weighted by Crippen LogP contribution is 2.31. The lowest BCUT2D eigenvalue weighted by Crippen LogP contribution is -1.97. The molecular weight excluding hydrogens is 318 g/mol. The van der Waals surface area contributed by atoms with Gasteiger partial charge in [0.05, 0.1) is 16.6 Å². The van der Waals surface area contributed by atoms with Gasteiger partial charge in [0.25, 0.3) is 0 Å². The Hall–Kier alpha value is -2.17. The highest BCUT2D eigenvalue weighted by atomic mass is 35.5. The van der Waals surface area contributed by atoms with E-state index in [0.717, 1.165) is 15.8 Å². The molecule has 110 valence electrons. The minimum atomic E-state index is -0.891. The third-order valence-corrected chi connectivity index (χ3v) is 4.60. The molecule has 0 aliphatic rings. The van der Waals surface area contributed by atoms with Crippen LogP contribution in [0, 0.1) is 0 Å². The zero-order valence-corrected chi connectivity index (χ0v) is 13.1. The number of thiazole rings is 1. The van der Waals surface area contributed by atoms with Gasteiger partial charge in [-0.1, -0.05) is 41.9 Å². The molecule has 1 heterocycles. The van der Waals surface area contributed by atoms with Crippen LogP contribution in [0.15, 0.2) is 48.5 Å². The van der Waals surface area contributed by atoms with E-state index in [2.05, 4.69) is 4.98 Å². The summed E-state index contributed by atoms with van der Waals surface area (Å²) in [6.45, 7) is 0. The molecule has 0 amide bonds. The number of para-hydroxylation sites is 1. The number of hydrogen-bond donors (Lipinski definition) is 1. The predicted molar refractivity (Wildman–Crippen MR) is 91.2 cm³/mol. The average molecular weight is 330 g/mol. The second kappa shape index (κ2) is 6.30. The van der Waals surface area contributed by atoms with Gasteiger partial charge in [0.1, 0.15) is 5.01 Å². The van der Waals surface area contributed by atoms with Crippen LogP contribution in [0.5, 0.6) is 0 Å². The van der Waals surface area contributed by atoms with Crippen molar-refractivity contribution in [3.05, 3.63) is 64.1 Å². The number of aromatic nitrogens is 1. The van der Waals surface area contributed by atoms with Gasteiger partial charge in [0.2, 0.25) is 0 Å². The van der Waals surface area contributed by atoms with Crippen molar-refractivity contribution in [2.45, 2.75) is 6.42 Å². The summed E-state index contributed by atoms with van der Waals surface area (Å²) in [7, 11) is 0. The van der Waals surface area contributed by atoms with Gasteiger partial charge in [-0.15, -0.1) is 11.3 Å². The number of aliphatic carboxylic acids is 1. The van der Waals surface area contributed by atoms with Crippen LogP contribution in [0.1, 0.15) is 17.0 Å². The minimum absolute atomic E-state index is 0.0922. The van der Waals surface area contributed by atoms with Gasteiger partial charge in [-0.05, 0) is 35.4 Å². The Morgan fingerprint density at radius 1 is 1.18 bits per heavy atom. The first-order valence-corrected chi connectivity index (χ1v) is 7.86. The molecule has 3 aromatic rings. The Kier molecular flexibility index (Phi) is 4.22. The van der Waals surface area contributed by atoms with Crippen molar-refractivity contribution in [3.63, 3.8) is 0 Å². The Morgan fingerprint density at radius 2 is 1.91 bits per heavy atom. The molecule has 3 rings (SSSR count). The summed E-state index contributed by atoms with van der Waals surface area (Å²) >= 11 is 7.65. The maximum Gasteiger partial charge on any atom is 0.307 e. The molecule has 2 aromatic carbocycles. The second-order valence-electron chi connectivity index (χ2n) is 4.75. The zero-order chi connectivity index (χ0) is 15.5. The first-order chi connectivity index (χ1) is 10.6. The van der Waals surface area contributed by atoms with E-state index >= 15 is 0 Å². The fourth-order valence-electron chi connectivity index (χ4n) is 2.14. The van der Waals surface area contributed by atoms with Gasteiger partial charge < -0.3 is 5.11 Å². The summed E-state index contributed by atoms with van der Waals surface area (Å²) in [6, 6.07) is 15.1. The number of hydrogen-bond acceptors (Lipinski definition) is 3. The molecule has 0 fully saturated rings. The zero-order valence-electron chi connectivity index (χ0n) is 11.5. The molecular formula is C17H12ClNO2S. The van der Waals surface area contributed by atoms with Crippen molar-refractivity contribution in [2.24, 2.45) is 0 Å². The molecule has 0 aliphatic heterocycles. The normalized spacial score (nSPS) is 11.8. The number of halogens is 1. The van der Waals surface area contributed by atoms with Gasteiger partial charge in [-0.2, -0.15) is 0 Å². The van der Waals surface area contributed by atoms with E-state index < -0.39 is 5.97 Å². The first kappa shape index (κ1) is 14.8. The van der Waals surface area contributed by atoms with Crippen LogP contribution in [0.25, 0.3) is 21.9 Å². The molecule has 3 nitrogen and oxygen atoms in total. The standard InChI is InChI=1S/C17H12ClNO2S/c18-13-6-2-1-5-11(13)9-12(10-16(20)21)17-19-14-7-3-4-8-15(14)22-17/h1-9H,10H2,(H,20,21). The van der Waals surface area contributed by atoms with Crippen LogP contribution in [0.4, 0.5) is 0 Å². The van der Waals surface area contributed by atoms with Gasteiger partial charge >= 0.3 is 5.97 Å². The molecule has 5 heteroatoms. The number of carboxylic acid groups (broad SMARTS) is 1. The Morgan fingerprint density at radius 3 is 2.64 bits per heavy atom. The number of benzene rings is 2. The highest BCUT2D eigenvalue weighted by molar-refractivity contribution is 7.19. The Balaban J connectivity index is 2.10. The molecule has 0 saturated carbocycles. The first-order valence-electron chi connectivity index (χ1n) is 6.66. The number of nitrogens with zero attached hydrogens (tertiary/aromatic N) is 1. The Bertz CT molecular complexity index is 837. The molecule has 1 N–H and O–H groups in total. The van der Waals surface area contributed by atoms with Crippen molar-refractivity contribution in [1.82, 2.24) is 4.98 Å². The van der Waals surface area contributed by atoms with Crippen molar-refractivity contribution >= 4 is 50.8 Å². The van der Waals surface area contributed by atoms with Crippen LogP contribution in [0.3, 0.4) is 0 Å². The van der Waals surface area contributed by atoms with Crippen LogP contribution < -0.4 is 0 Å². The summed E-state index contributed by atoms with van der Waals surface area (Å²) < 4.78 is 1.04. The van der Waals surface area contributed by atoms with Gasteiger partial charge in [0, 0.05) is 5.02 Å². The smallest absolute Gasteiger partial charge is 0.307 e. The molecule has 0 unspecified atom stereocenters. The monoisotopic (exact) mass is 329 g/mol. The van der Waals surface area contributed by atoms with Gasteiger partial charge in [0.15, 0.2) is 0 Å². The maximum atomic E-state index is 11.2. The lowest BCUT2D eigenvalue weighted by molar-refractivity contribution is -0.135. The van der Waals surface area contributed by atoms with Crippen LogP contribution in [0.2, 0.25) is 5.02 Å². The number of fused-ring (bicyclic) bond motifs is 1. The molecule has 0 saturated heterocycles. The molecule has 0 spiro atoms. The molecule has 0 bridgehead atoms. The lowest BCUT2D eigenvalue weighted by Gasteiger charge is -2.03. The van der Waals surface area contributed by atoms with Crippen LogP contribution in [-0.4, -0.2) is 16.1 Å². The SMILES string of the molecule is O=C(O)CC(=Cc1ccccc1Cl)c1nc2ccccc2s1. The average Bonchev–Trinajstić information content (AvgIpc) is 2.92. The largest absolute Gasteiger partial charge is 0.481 e. The molecule has 0 atom stereocenters. The van der Waals surface area contributed by atoms with E-state index in [9.17, 15) is 9.90 Å². The Labute approximate surface area is 136 Å². The summed E-state index contributed by atoms with van der Waals surface area (Å²) in [5, 5.41) is 10.5. The van der Waals surface area contributed by atoms with E-state index in [1.165, 1.54) is 11.3 Å². The summed E-state index contributed by atoms with van der Waals surface area (Å²) in [5.41, 5.74) is 2.32. The summed E-state index contributed by atoms with van der Waals surface area (Å²) in [6.07, 6.45) is 1.71. The third kappa shape index (κ3) is 3.18. The molecule has 0 radical (unpaired) electrons. The number of rotatable bonds is 4. The van der Waals surface area contributed by atoms with Crippen molar-refractivity contribution in [3.8, 4) is 0 Å². The van der Waals surface area contributed by atoms with Gasteiger partial charge in [-0.3, -0.25) is 4.79 Å². The fraction of sp³-hybridized carbons (Fsp3) is 0.0588. The van der Waals surface area contributed by atoms with Crippen LogP contribution >= 0.6 is 22.9 Å². The topological polar surface area (TPSA) is 50.2 Å². The fourth-order valence-corrected chi connectivity index (χ4v) is 3.31. The van der Waals surface area contributed by atoms with E-state index in [-0.39, 0.29) is 6.42 Å². The highest BCUT2D eigenvalue weighted by Gasteiger charge is 2.13. The van der Waals surface area contributed by atoms with Crippen LogP contribution in [-0.2, 0) is 4.79 Å². The van der Waals surface area contributed by atoms with Gasteiger partial charge in [-0.25, -0.2) is 4.98 Å². The van der Waals surface area contributed by atoms with E-state index in [1.54, 1.807) is 12.1 Å². The summed E-state index contributed by atoms with van der Waals surface area (Å²) in [4.78, 5) is 15.7. The van der Waals surface area contributed by atoms with Crippen molar-refractivity contribution in [2.75, 3.05) is 0 Å². The van der Waals surface area contributed by atoms with Crippen molar-refractivity contribution in [1.29, 1.82) is 0 Å². The molecule has 0 aliphatic carbocycles.